The molecule has 1 aromatic carbocycles. The third-order valence-electron chi connectivity index (χ3n) is 2.43. The summed E-state index contributed by atoms with van der Waals surface area (Å²) in [6, 6.07) is 7.15. The summed E-state index contributed by atoms with van der Waals surface area (Å²) in [5.74, 6) is -0.920. The molecule has 3 nitrogen and oxygen atoms in total. The number of rotatable bonds is 7. The van der Waals surface area contributed by atoms with Gasteiger partial charge >= 0.3 is 5.97 Å². The number of unbranched alkanes of at least 4 members (excludes halogenated alkanes) is 1. The van der Waals surface area contributed by atoms with E-state index in [0.29, 0.717) is 18.1 Å². The maximum absolute atomic E-state index is 11.0. The highest BCUT2D eigenvalue weighted by atomic mass is 35.5. The van der Waals surface area contributed by atoms with E-state index in [9.17, 15) is 4.79 Å². The lowest BCUT2D eigenvalue weighted by Gasteiger charge is -2.13. The van der Waals surface area contributed by atoms with E-state index in [2.05, 4.69) is 0 Å². The van der Waals surface area contributed by atoms with Crippen molar-refractivity contribution in [3.05, 3.63) is 34.9 Å². The number of carboxylic acids is 1. The lowest BCUT2D eigenvalue weighted by molar-refractivity contribution is -0.150. The molecule has 0 aliphatic carbocycles. The van der Waals surface area contributed by atoms with Crippen LogP contribution in [0.3, 0.4) is 0 Å². The molecular formula is C13H17ClO3. The zero-order valence-corrected chi connectivity index (χ0v) is 10.6. The summed E-state index contributed by atoms with van der Waals surface area (Å²) in [7, 11) is 0. The monoisotopic (exact) mass is 256 g/mol. The SMILES string of the molecule is CCCCO[C@@H](Cc1ccc(Cl)cc1)C(=O)O. The number of carbonyl (C=O) groups is 1. The quantitative estimate of drug-likeness (QED) is 0.763. The first kappa shape index (κ1) is 14.0. The molecule has 1 aromatic rings. The number of ether oxygens (including phenoxy) is 1. The van der Waals surface area contributed by atoms with Gasteiger partial charge in [-0.2, -0.15) is 0 Å². The second-order valence-corrected chi connectivity index (χ2v) is 4.32. The predicted molar refractivity (Wildman–Crippen MR) is 67.4 cm³/mol. The summed E-state index contributed by atoms with van der Waals surface area (Å²) in [5.41, 5.74) is 0.915. The van der Waals surface area contributed by atoms with Gasteiger partial charge in [-0.25, -0.2) is 4.79 Å². The van der Waals surface area contributed by atoms with Gasteiger partial charge in [0.25, 0.3) is 0 Å². The Labute approximate surface area is 106 Å². The van der Waals surface area contributed by atoms with E-state index in [-0.39, 0.29) is 0 Å². The lowest BCUT2D eigenvalue weighted by Crippen LogP contribution is -2.26. The van der Waals surface area contributed by atoms with Gasteiger partial charge in [-0.1, -0.05) is 37.1 Å². The smallest absolute Gasteiger partial charge is 0.333 e. The number of halogens is 1. The first-order chi connectivity index (χ1) is 8.13. The summed E-state index contributed by atoms with van der Waals surface area (Å²) < 4.78 is 5.35. The Morgan fingerprint density at radius 1 is 1.41 bits per heavy atom. The minimum absolute atomic E-state index is 0.371. The fourth-order valence-electron chi connectivity index (χ4n) is 1.42. The van der Waals surface area contributed by atoms with Crippen molar-refractivity contribution in [2.45, 2.75) is 32.3 Å². The molecule has 0 aromatic heterocycles. The van der Waals surface area contributed by atoms with Crippen LogP contribution in [0, 0.1) is 0 Å². The molecule has 0 saturated heterocycles. The molecule has 1 N–H and O–H groups in total. The Morgan fingerprint density at radius 2 is 2.06 bits per heavy atom. The molecule has 0 heterocycles. The molecule has 1 rings (SSSR count). The van der Waals surface area contributed by atoms with Crippen LogP contribution < -0.4 is 0 Å². The molecule has 0 saturated carbocycles. The Bertz CT molecular complexity index is 348. The van der Waals surface area contributed by atoms with E-state index < -0.39 is 12.1 Å². The summed E-state index contributed by atoms with van der Waals surface area (Å²) in [4.78, 5) is 11.0. The summed E-state index contributed by atoms with van der Waals surface area (Å²) in [6.07, 6.45) is 1.47. The van der Waals surface area contributed by atoms with Crippen LogP contribution in [0.25, 0.3) is 0 Å². The van der Waals surface area contributed by atoms with E-state index in [4.69, 9.17) is 21.4 Å². The van der Waals surface area contributed by atoms with Gasteiger partial charge in [-0.3, -0.25) is 0 Å². The van der Waals surface area contributed by atoms with Gasteiger partial charge in [0.2, 0.25) is 0 Å². The van der Waals surface area contributed by atoms with E-state index in [1.807, 2.05) is 19.1 Å². The van der Waals surface area contributed by atoms with Crippen LogP contribution in [-0.2, 0) is 16.0 Å². The zero-order chi connectivity index (χ0) is 12.7. The molecule has 0 fully saturated rings. The Balaban J connectivity index is 2.54. The topological polar surface area (TPSA) is 46.5 Å². The van der Waals surface area contributed by atoms with E-state index in [1.165, 1.54) is 0 Å². The lowest BCUT2D eigenvalue weighted by atomic mass is 10.1. The second kappa shape index (κ2) is 7.30. The molecule has 94 valence electrons. The van der Waals surface area contributed by atoms with Crippen molar-refractivity contribution in [2.24, 2.45) is 0 Å². The summed E-state index contributed by atoms with van der Waals surface area (Å²) in [5, 5.41) is 9.68. The van der Waals surface area contributed by atoms with Gasteiger partial charge in [0, 0.05) is 18.1 Å². The Morgan fingerprint density at radius 3 is 2.59 bits per heavy atom. The highest BCUT2D eigenvalue weighted by Gasteiger charge is 2.18. The maximum atomic E-state index is 11.0. The molecule has 0 unspecified atom stereocenters. The van der Waals surface area contributed by atoms with Gasteiger partial charge < -0.3 is 9.84 Å². The molecule has 0 amide bonds. The zero-order valence-electron chi connectivity index (χ0n) is 9.86. The van der Waals surface area contributed by atoms with Crippen molar-refractivity contribution >= 4 is 17.6 Å². The fraction of sp³-hybridized carbons (Fsp3) is 0.462. The average molecular weight is 257 g/mol. The van der Waals surface area contributed by atoms with Crippen LogP contribution in [0.2, 0.25) is 5.02 Å². The van der Waals surface area contributed by atoms with Crippen molar-refractivity contribution in [1.82, 2.24) is 0 Å². The minimum Gasteiger partial charge on any atom is -0.479 e. The molecule has 0 radical (unpaired) electrons. The minimum atomic E-state index is -0.920. The third kappa shape index (κ3) is 5.20. The van der Waals surface area contributed by atoms with E-state index in [1.54, 1.807) is 12.1 Å². The summed E-state index contributed by atoms with van der Waals surface area (Å²) in [6.45, 7) is 2.53. The number of carboxylic acid groups (broad SMARTS) is 1. The number of hydrogen-bond donors (Lipinski definition) is 1. The molecule has 0 spiro atoms. The van der Waals surface area contributed by atoms with Crippen LogP contribution in [0.5, 0.6) is 0 Å². The van der Waals surface area contributed by atoms with Crippen LogP contribution >= 0.6 is 11.6 Å². The van der Waals surface area contributed by atoms with Crippen LogP contribution in [0.1, 0.15) is 25.3 Å². The molecule has 0 aliphatic heterocycles. The summed E-state index contributed by atoms with van der Waals surface area (Å²) >= 11 is 5.77. The molecule has 0 bridgehead atoms. The van der Waals surface area contributed by atoms with Gasteiger partial charge in [0.1, 0.15) is 0 Å². The Kier molecular flexibility index (Phi) is 6.01. The molecule has 1 atom stereocenters. The Hall–Kier alpha value is -1.06. The highest BCUT2D eigenvalue weighted by molar-refractivity contribution is 6.30. The van der Waals surface area contributed by atoms with Crippen molar-refractivity contribution in [3.8, 4) is 0 Å². The van der Waals surface area contributed by atoms with Crippen molar-refractivity contribution in [2.75, 3.05) is 6.61 Å². The first-order valence-electron chi connectivity index (χ1n) is 5.72. The van der Waals surface area contributed by atoms with Crippen molar-refractivity contribution in [3.63, 3.8) is 0 Å². The predicted octanol–water partition coefficient (Wildman–Crippen LogP) is 3.15. The van der Waals surface area contributed by atoms with Crippen LogP contribution in [0.15, 0.2) is 24.3 Å². The van der Waals surface area contributed by atoms with Crippen molar-refractivity contribution < 1.29 is 14.6 Å². The highest BCUT2D eigenvalue weighted by Crippen LogP contribution is 2.12. The number of aliphatic carboxylic acids is 1. The fourth-order valence-corrected chi connectivity index (χ4v) is 1.55. The second-order valence-electron chi connectivity index (χ2n) is 3.88. The maximum Gasteiger partial charge on any atom is 0.333 e. The average Bonchev–Trinajstić information content (AvgIpc) is 2.30. The largest absolute Gasteiger partial charge is 0.479 e. The van der Waals surface area contributed by atoms with Crippen molar-refractivity contribution in [1.29, 1.82) is 0 Å². The molecule has 0 aliphatic rings. The van der Waals surface area contributed by atoms with Gasteiger partial charge in [0.15, 0.2) is 6.10 Å². The molecular weight excluding hydrogens is 240 g/mol. The van der Waals surface area contributed by atoms with E-state index >= 15 is 0 Å². The van der Waals surface area contributed by atoms with Gasteiger partial charge in [-0.05, 0) is 24.1 Å². The molecule has 17 heavy (non-hydrogen) atoms. The van der Waals surface area contributed by atoms with Crippen LogP contribution in [0.4, 0.5) is 0 Å². The number of hydrogen-bond acceptors (Lipinski definition) is 2. The first-order valence-corrected chi connectivity index (χ1v) is 6.10. The standard InChI is InChI=1S/C13H17ClO3/c1-2-3-8-17-12(13(15)16)9-10-4-6-11(14)7-5-10/h4-7,12H,2-3,8-9H2,1H3,(H,15,16)/t12-/m0/s1. The third-order valence-corrected chi connectivity index (χ3v) is 2.68. The van der Waals surface area contributed by atoms with E-state index in [0.717, 1.165) is 18.4 Å². The van der Waals surface area contributed by atoms with Crippen LogP contribution in [-0.4, -0.2) is 23.8 Å². The normalized spacial score (nSPS) is 12.4. The number of benzene rings is 1. The van der Waals surface area contributed by atoms with Gasteiger partial charge in [0.05, 0.1) is 0 Å². The molecule has 4 heteroatoms. The van der Waals surface area contributed by atoms with Gasteiger partial charge in [-0.15, -0.1) is 0 Å².